The van der Waals surface area contributed by atoms with E-state index in [0.29, 0.717) is 17.7 Å². The van der Waals surface area contributed by atoms with Crippen molar-refractivity contribution in [3.8, 4) is 0 Å². The molecule has 0 radical (unpaired) electrons. The number of carbonyl (C=O) groups excluding carboxylic acids is 2. The van der Waals surface area contributed by atoms with Gasteiger partial charge in [-0.15, -0.1) is 0 Å². The molecule has 24 heavy (non-hydrogen) atoms. The number of aromatic nitrogens is 2. The third-order valence-corrected chi connectivity index (χ3v) is 4.52. The van der Waals surface area contributed by atoms with Crippen LogP contribution in [0.3, 0.4) is 0 Å². The molecule has 1 saturated heterocycles. The molecule has 2 amide bonds. The number of amides is 2. The summed E-state index contributed by atoms with van der Waals surface area (Å²) in [6.45, 7) is 5.42. The SMILES string of the molecule is Cc1cc(C)n(C[C@@H]2CCCN2C(=O)c2cccc(C(N)=O)c2)n1. The number of benzene rings is 1. The van der Waals surface area contributed by atoms with E-state index >= 15 is 0 Å². The van der Waals surface area contributed by atoms with Crippen LogP contribution in [0.2, 0.25) is 0 Å². The number of hydrogen-bond donors (Lipinski definition) is 1. The van der Waals surface area contributed by atoms with Crippen molar-refractivity contribution in [3.63, 3.8) is 0 Å². The quantitative estimate of drug-likeness (QED) is 0.932. The van der Waals surface area contributed by atoms with E-state index < -0.39 is 5.91 Å². The van der Waals surface area contributed by atoms with E-state index in [0.717, 1.165) is 30.8 Å². The Kier molecular flexibility index (Phi) is 4.38. The fourth-order valence-electron chi connectivity index (χ4n) is 3.32. The van der Waals surface area contributed by atoms with Crippen LogP contribution < -0.4 is 5.73 Å². The highest BCUT2D eigenvalue weighted by Gasteiger charge is 2.30. The predicted octanol–water partition coefficient (Wildman–Crippen LogP) is 1.90. The third kappa shape index (κ3) is 3.18. The minimum atomic E-state index is -0.523. The molecule has 6 heteroatoms. The van der Waals surface area contributed by atoms with Crippen molar-refractivity contribution in [2.24, 2.45) is 5.73 Å². The average Bonchev–Trinajstić information content (AvgIpc) is 3.13. The van der Waals surface area contributed by atoms with Gasteiger partial charge in [0.2, 0.25) is 5.91 Å². The van der Waals surface area contributed by atoms with Gasteiger partial charge >= 0.3 is 0 Å². The number of hydrogen-bond acceptors (Lipinski definition) is 3. The van der Waals surface area contributed by atoms with Crippen LogP contribution in [0.1, 0.15) is 44.9 Å². The molecule has 1 aromatic carbocycles. The zero-order chi connectivity index (χ0) is 17.3. The molecule has 0 bridgehead atoms. The second-order valence-corrected chi connectivity index (χ2v) is 6.35. The van der Waals surface area contributed by atoms with Gasteiger partial charge in [0.1, 0.15) is 0 Å². The largest absolute Gasteiger partial charge is 0.366 e. The lowest BCUT2D eigenvalue weighted by molar-refractivity contribution is 0.0721. The van der Waals surface area contributed by atoms with Gasteiger partial charge in [-0.3, -0.25) is 14.3 Å². The van der Waals surface area contributed by atoms with E-state index in [1.807, 2.05) is 29.5 Å². The first-order valence-electron chi connectivity index (χ1n) is 8.17. The average molecular weight is 326 g/mol. The van der Waals surface area contributed by atoms with Gasteiger partial charge in [-0.25, -0.2) is 0 Å². The molecule has 1 aromatic heterocycles. The van der Waals surface area contributed by atoms with Crippen molar-refractivity contribution in [1.82, 2.24) is 14.7 Å². The maximum Gasteiger partial charge on any atom is 0.254 e. The van der Waals surface area contributed by atoms with Crippen molar-refractivity contribution in [2.75, 3.05) is 6.54 Å². The maximum atomic E-state index is 12.9. The molecule has 126 valence electrons. The van der Waals surface area contributed by atoms with Gasteiger partial charge in [-0.1, -0.05) is 6.07 Å². The van der Waals surface area contributed by atoms with Crippen LogP contribution in [0, 0.1) is 13.8 Å². The van der Waals surface area contributed by atoms with Crippen LogP contribution in [-0.2, 0) is 6.54 Å². The zero-order valence-corrected chi connectivity index (χ0v) is 14.0. The van der Waals surface area contributed by atoms with E-state index in [1.165, 1.54) is 0 Å². The Morgan fingerprint density at radius 3 is 2.67 bits per heavy atom. The predicted molar refractivity (Wildman–Crippen MR) is 90.7 cm³/mol. The molecule has 6 nitrogen and oxygen atoms in total. The molecule has 2 N–H and O–H groups in total. The summed E-state index contributed by atoms with van der Waals surface area (Å²) < 4.78 is 1.96. The second-order valence-electron chi connectivity index (χ2n) is 6.35. The van der Waals surface area contributed by atoms with Crippen LogP contribution in [0.15, 0.2) is 30.3 Å². The lowest BCUT2D eigenvalue weighted by Gasteiger charge is -2.25. The van der Waals surface area contributed by atoms with E-state index in [9.17, 15) is 9.59 Å². The number of rotatable bonds is 4. The normalized spacial score (nSPS) is 17.2. The Balaban J connectivity index is 1.80. The lowest BCUT2D eigenvalue weighted by Crippen LogP contribution is -2.38. The summed E-state index contributed by atoms with van der Waals surface area (Å²) in [7, 11) is 0. The fourth-order valence-corrected chi connectivity index (χ4v) is 3.32. The Hall–Kier alpha value is -2.63. The summed E-state index contributed by atoms with van der Waals surface area (Å²) in [5.41, 5.74) is 8.26. The summed E-state index contributed by atoms with van der Waals surface area (Å²) in [4.78, 5) is 26.1. The Morgan fingerprint density at radius 1 is 1.25 bits per heavy atom. The minimum absolute atomic E-state index is 0.0536. The summed E-state index contributed by atoms with van der Waals surface area (Å²) in [5, 5.41) is 4.50. The van der Waals surface area contributed by atoms with Crippen molar-refractivity contribution in [2.45, 2.75) is 39.3 Å². The molecule has 0 aliphatic carbocycles. The smallest absolute Gasteiger partial charge is 0.254 e. The molecule has 1 fully saturated rings. The van der Waals surface area contributed by atoms with Crippen LogP contribution in [0.4, 0.5) is 0 Å². The molecular weight excluding hydrogens is 304 g/mol. The molecule has 2 heterocycles. The number of nitrogens with two attached hydrogens (primary N) is 1. The highest BCUT2D eigenvalue weighted by atomic mass is 16.2. The fraction of sp³-hybridized carbons (Fsp3) is 0.389. The highest BCUT2D eigenvalue weighted by Crippen LogP contribution is 2.22. The minimum Gasteiger partial charge on any atom is -0.366 e. The lowest BCUT2D eigenvalue weighted by atomic mass is 10.1. The number of nitrogens with zero attached hydrogens (tertiary/aromatic N) is 3. The van der Waals surface area contributed by atoms with Crippen LogP contribution in [0.25, 0.3) is 0 Å². The number of aryl methyl sites for hydroxylation is 2. The molecule has 2 aromatic rings. The van der Waals surface area contributed by atoms with Gasteiger partial charge in [-0.2, -0.15) is 5.10 Å². The van der Waals surface area contributed by atoms with Gasteiger partial charge in [0.05, 0.1) is 18.3 Å². The number of primary amides is 1. The highest BCUT2D eigenvalue weighted by molar-refractivity contribution is 5.99. The van der Waals surface area contributed by atoms with Crippen LogP contribution in [0.5, 0.6) is 0 Å². The first-order chi connectivity index (χ1) is 11.5. The monoisotopic (exact) mass is 326 g/mol. The summed E-state index contributed by atoms with van der Waals surface area (Å²) in [6, 6.07) is 8.78. The van der Waals surface area contributed by atoms with E-state index in [4.69, 9.17) is 5.73 Å². The Morgan fingerprint density at radius 2 is 2.00 bits per heavy atom. The first-order valence-corrected chi connectivity index (χ1v) is 8.17. The molecule has 0 unspecified atom stereocenters. The van der Waals surface area contributed by atoms with Crippen molar-refractivity contribution >= 4 is 11.8 Å². The van der Waals surface area contributed by atoms with Crippen molar-refractivity contribution in [3.05, 3.63) is 52.8 Å². The van der Waals surface area contributed by atoms with Crippen LogP contribution >= 0.6 is 0 Å². The number of likely N-dealkylation sites (tertiary alicyclic amines) is 1. The molecule has 1 aliphatic rings. The zero-order valence-electron chi connectivity index (χ0n) is 14.0. The summed E-state index contributed by atoms with van der Waals surface area (Å²) in [6.07, 6.45) is 1.94. The van der Waals surface area contributed by atoms with E-state index in [1.54, 1.807) is 24.3 Å². The number of carbonyl (C=O) groups is 2. The molecule has 1 aliphatic heterocycles. The standard InChI is InChI=1S/C18H22N4O2/c1-12-9-13(2)22(20-12)11-16-7-4-8-21(16)18(24)15-6-3-5-14(10-15)17(19)23/h3,5-6,9-10,16H,4,7-8,11H2,1-2H3,(H2,19,23)/t16-/m0/s1. The maximum absolute atomic E-state index is 12.9. The van der Waals surface area contributed by atoms with Crippen molar-refractivity contribution < 1.29 is 9.59 Å². The molecular formula is C18H22N4O2. The van der Waals surface area contributed by atoms with E-state index in [-0.39, 0.29) is 11.9 Å². The second kappa shape index (κ2) is 6.47. The van der Waals surface area contributed by atoms with Crippen molar-refractivity contribution in [1.29, 1.82) is 0 Å². The topological polar surface area (TPSA) is 81.2 Å². The van der Waals surface area contributed by atoms with Gasteiger partial charge in [-0.05, 0) is 51.0 Å². The van der Waals surface area contributed by atoms with E-state index in [2.05, 4.69) is 5.10 Å². The van der Waals surface area contributed by atoms with Gasteiger partial charge in [0.15, 0.2) is 0 Å². The summed E-state index contributed by atoms with van der Waals surface area (Å²) in [5.74, 6) is -0.576. The molecule has 3 rings (SSSR count). The molecule has 1 atom stereocenters. The van der Waals surface area contributed by atoms with Gasteiger partial charge < -0.3 is 10.6 Å². The van der Waals surface area contributed by atoms with Gasteiger partial charge in [0.25, 0.3) is 5.91 Å². The molecule has 0 spiro atoms. The van der Waals surface area contributed by atoms with Crippen LogP contribution in [-0.4, -0.2) is 39.1 Å². The Bertz CT molecular complexity index is 781. The summed E-state index contributed by atoms with van der Waals surface area (Å²) >= 11 is 0. The Labute approximate surface area is 141 Å². The third-order valence-electron chi connectivity index (χ3n) is 4.52. The van der Waals surface area contributed by atoms with Gasteiger partial charge in [0, 0.05) is 23.4 Å². The molecule has 0 saturated carbocycles. The first kappa shape index (κ1) is 16.2.